The first-order valence-corrected chi connectivity index (χ1v) is 6.09. The van der Waals surface area contributed by atoms with Gasteiger partial charge >= 0.3 is 0 Å². The van der Waals surface area contributed by atoms with E-state index < -0.39 is 0 Å². The third-order valence-corrected chi connectivity index (χ3v) is 3.12. The van der Waals surface area contributed by atoms with Crippen molar-refractivity contribution in [2.24, 2.45) is 10.9 Å². The molecule has 0 saturated carbocycles. The van der Waals surface area contributed by atoms with Crippen LogP contribution in [0.15, 0.2) is 23.4 Å². The Morgan fingerprint density at radius 3 is 2.61 bits per heavy atom. The molecule has 0 aliphatic rings. The average Bonchev–Trinajstić information content (AvgIpc) is 2.39. The second-order valence-electron chi connectivity index (χ2n) is 4.19. The maximum absolute atomic E-state index is 14.0. The molecule has 18 heavy (non-hydrogen) atoms. The molecule has 1 aromatic rings. The van der Waals surface area contributed by atoms with Gasteiger partial charge < -0.3 is 15.8 Å². The molecule has 0 aliphatic carbocycles. The lowest BCUT2D eigenvalue weighted by Crippen LogP contribution is -2.33. The highest BCUT2D eigenvalue weighted by Crippen LogP contribution is 2.23. The van der Waals surface area contributed by atoms with Crippen LogP contribution in [-0.2, 0) is 0 Å². The highest BCUT2D eigenvalue weighted by molar-refractivity contribution is 5.97. The van der Waals surface area contributed by atoms with E-state index in [0.717, 1.165) is 13.0 Å². The average molecular weight is 253 g/mol. The van der Waals surface area contributed by atoms with Crippen LogP contribution in [0, 0.1) is 5.82 Å². The summed E-state index contributed by atoms with van der Waals surface area (Å²) in [7, 11) is 0. The zero-order chi connectivity index (χ0) is 13.7. The number of hydrogen-bond acceptors (Lipinski definition) is 3. The van der Waals surface area contributed by atoms with E-state index in [2.05, 4.69) is 19.0 Å². The molecule has 0 aromatic heterocycles. The van der Waals surface area contributed by atoms with E-state index >= 15 is 0 Å². The van der Waals surface area contributed by atoms with Crippen LogP contribution in [-0.4, -0.2) is 23.6 Å². The molecule has 1 atom stereocenters. The van der Waals surface area contributed by atoms with Gasteiger partial charge in [0.2, 0.25) is 0 Å². The molecule has 100 valence electrons. The molecule has 0 fully saturated rings. The summed E-state index contributed by atoms with van der Waals surface area (Å²) in [6.45, 7) is 6.84. The van der Waals surface area contributed by atoms with Crippen molar-refractivity contribution in [3.05, 3.63) is 29.6 Å². The van der Waals surface area contributed by atoms with E-state index in [-0.39, 0.29) is 17.7 Å². The van der Waals surface area contributed by atoms with Gasteiger partial charge in [0.15, 0.2) is 5.84 Å². The SMILES string of the molecule is CCC(C)N(CC)c1ccc(/C(N)=N/O)cc1F. The van der Waals surface area contributed by atoms with Crippen molar-refractivity contribution >= 4 is 11.5 Å². The summed E-state index contributed by atoms with van der Waals surface area (Å²) < 4.78 is 14.0. The molecule has 1 unspecified atom stereocenters. The number of rotatable bonds is 5. The number of benzene rings is 1. The van der Waals surface area contributed by atoms with Crippen molar-refractivity contribution in [1.29, 1.82) is 0 Å². The van der Waals surface area contributed by atoms with Crippen LogP contribution in [0.5, 0.6) is 0 Å². The quantitative estimate of drug-likeness (QED) is 0.367. The fourth-order valence-electron chi connectivity index (χ4n) is 1.90. The van der Waals surface area contributed by atoms with Crippen LogP contribution in [0.1, 0.15) is 32.8 Å². The van der Waals surface area contributed by atoms with E-state index in [1.54, 1.807) is 12.1 Å². The Hall–Kier alpha value is -1.78. The lowest BCUT2D eigenvalue weighted by Gasteiger charge is -2.29. The van der Waals surface area contributed by atoms with Crippen molar-refractivity contribution in [2.45, 2.75) is 33.2 Å². The van der Waals surface area contributed by atoms with Gasteiger partial charge in [-0.05, 0) is 38.5 Å². The van der Waals surface area contributed by atoms with E-state index in [1.165, 1.54) is 6.07 Å². The molecule has 0 bridgehead atoms. The molecule has 4 nitrogen and oxygen atoms in total. The lowest BCUT2D eigenvalue weighted by atomic mass is 10.1. The maximum atomic E-state index is 14.0. The Kier molecular flexibility index (Phi) is 4.95. The number of oxime groups is 1. The van der Waals surface area contributed by atoms with Crippen molar-refractivity contribution in [1.82, 2.24) is 0 Å². The predicted octanol–water partition coefficient (Wildman–Crippen LogP) is 2.54. The standard InChI is InChI=1S/C13H20FN3O/c1-4-9(3)17(5-2)12-7-6-10(8-11(12)14)13(15)16-18/h6-9,18H,4-5H2,1-3H3,(H2,15,16). The third kappa shape index (κ3) is 2.91. The largest absolute Gasteiger partial charge is 0.409 e. The molecule has 5 heteroatoms. The lowest BCUT2D eigenvalue weighted by molar-refractivity contribution is 0.318. The predicted molar refractivity (Wildman–Crippen MR) is 71.7 cm³/mol. The Labute approximate surface area is 107 Å². The Morgan fingerprint density at radius 1 is 1.50 bits per heavy atom. The van der Waals surface area contributed by atoms with Crippen molar-refractivity contribution in [3.8, 4) is 0 Å². The minimum absolute atomic E-state index is 0.0907. The fraction of sp³-hybridized carbons (Fsp3) is 0.462. The molecule has 1 rings (SSSR count). The zero-order valence-electron chi connectivity index (χ0n) is 11.0. The van der Waals surface area contributed by atoms with E-state index in [9.17, 15) is 4.39 Å². The summed E-state index contributed by atoms with van der Waals surface area (Å²) in [5.41, 5.74) is 6.34. The highest BCUT2D eigenvalue weighted by atomic mass is 19.1. The van der Waals surface area contributed by atoms with Crippen LogP contribution in [0.4, 0.5) is 10.1 Å². The molecular formula is C13H20FN3O. The van der Waals surface area contributed by atoms with Crippen LogP contribution in [0.25, 0.3) is 0 Å². The summed E-state index contributed by atoms with van der Waals surface area (Å²) in [5.74, 6) is -0.451. The number of nitrogens with two attached hydrogens (primary N) is 1. The number of nitrogens with zero attached hydrogens (tertiary/aromatic N) is 2. The van der Waals surface area contributed by atoms with Gasteiger partial charge in [0.25, 0.3) is 0 Å². The van der Waals surface area contributed by atoms with Crippen LogP contribution in [0.3, 0.4) is 0 Å². The van der Waals surface area contributed by atoms with Gasteiger partial charge in [0.1, 0.15) is 5.82 Å². The topological polar surface area (TPSA) is 61.8 Å². The second kappa shape index (κ2) is 6.23. The number of anilines is 1. The van der Waals surface area contributed by atoms with E-state index in [4.69, 9.17) is 10.9 Å². The Bertz CT molecular complexity index is 434. The maximum Gasteiger partial charge on any atom is 0.170 e. The molecule has 3 N–H and O–H groups in total. The highest BCUT2D eigenvalue weighted by Gasteiger charge is 2.16. The van der Waals surface area contributed by atoms with Crippen LogP contribution in [0.2, 0.25) is 0 Å². The van der Waals surface area contributed by atoms with Crippen molar-refractivity contribution < 1.29 is 9.60 Å². The first-order valence-electron chi connectivity index (χ1n) is 6.09. The summed E-state index contributed by atoms with van der Waals surface area (Å²) >= 11 is 0. The molecule has 0 heterocycles. The van der Waals surface area contributed by atoms with Gasteiger partial charge in [-0.15, -0.1) is 0 Å². The van der Waals surface area contributed by atoms with Gasteiger partial charge in [-0.25, -0.2) is 4.39 Å². The summed E-state index contributed by atoms with van der Waals surface area (Å²) in [5, 5.41) is 11.4. The van der Waals surface area contributed by atoms with Crippen molar-refractivity contribution in [3.63, 3.8) is 0 Å². The van der Waals surface area contributed by atoms with Crippen molar-refractivity contribution in [2.75, 3.05) is 11.4 Å². The Morgan fingerprint density at radius 2 is 2.17 bits per heavy atom. The fourth-order valence-corrected chi connectivity index (χ4v) is 1.90. The molecule has 0 amide bonds. The summed E-state index contributed by atoms with van der Waals surface area (Å²) in [4.78, 5) is 1.99. The number of hydrogen-bond donors (Lipinski definition) is 2. The minimum atomic E-state index is -0.360. The first kappa shape index (κ1) is 14.3. The molecule has 1 aromatic carbocycles. The monoisotopic (exact) mass is 253 g/mol. The van der Waals surface area contributed by atoms with E-state index in [1.807, 2.05) is 11.8 Å². The van der Waals surface area contributed by atoms with Crippen LogP contribution >= 0.6 is 0 Å². The number of halogens is 1. The molecule has 0 radical (unpaired) electrons. The van der Waals surface area contributed by atoms with E-state index in [0.29, 0.717) is 11.3 Å². The van der Waals surface area contributed by atoms with Gasteiger partial charge in [-0.2, -0.15) is 0 Å². The van der Waals surface area contributed by atoms with Gasteiger partial charge in [-0.3, -0.25) is 0 Å². The minimum Gasteiger partial charge on any atom is -0.409 e. The summed E-state index contributed by atoms with van der Waals surface area (Å²) in [6, 6.07) is 4.87. The molecule has 0 spiro atoms. The zero-order valence-corrected chi connectivity index (χ0v) is 11.0. The number of amidine groups is 1. The third-order valence-electron chi connectivity index (χ3n) is 3.12. The normalized spacial score (nSPS) is 13.4. The van der Waals surface area contributed by atoms with Crippen LogP contribution < -0.4 is 10.6 Å². The van der Waals surface area contributed by atoms with Gasteiger partial charge in [0, 0.05) is 18.2 Å². The molecule has 0 aliphatic heterocycles. The molecule has 0 saturated heterocycles. The van der Waals surface area contributed by atoms with Gasteiger partial charge in [0.05, 0.1) is 5.69 Å². The molecular weight excluding hydrogens is 233 g/mol. The Balaban J connectivity index is 3.11. The first-order chi connectivity index (χ1) is 8.54. The second-order valence-corrected chi connectivity index (χ2v) is 4.19. The van der Waals surface area contributed by atoms with Gasteiger partial charge in [-0.1, -0.05) is 12.1 Å². The summed E-state index contributed by atoms with van der Waals surface area (Å²) in [6.07, 6.45) is 0.940. The smallest absolute Gasteiger partial charge is 0.170 e.